The third-order valence-electron chi connectivity index (χ3n) is 3.94. The van der Waals surface area contributed by atoms with E-state index in [1.807, 2.05) is 49.4 Å². The number of ether oxygens (including phenoxy) is 2. The Kier molecular flexibility index (Phi) is 5.49. The van der Waals surface area contributed by atoms with Gasteiger partial charge < -0.3 is 9.47 Å². The molecule has 0 aliphatic rings. The quantitative estimate of drug-likeness (QED) is 0.541. The van der Waals surface area contributed by atoms with E-state index in [4.69, 9.17) is 9.47 Å². The lowest BCUT2D eigenvalue weighted by Crippen LogP contribution is -2.18. The van der Waals surface area contributed by atoms with E-state index in [1.54, 1.807) is 24.4 Å². The summed E-state index contributed by atoms with van der Waals surface area (Å²) in [6.45, 7) is 2.48. The Hall–Kier alpha value is -3.34. The van der Waals surface area contributed by atoms with Crippen LogP contribution in [0.1, 0.15) is 22.8 Å². The molecule has 132 valence electrons. The van der Waals surface area contributed by atoms with Gasteiger partial charge in [0, 0.05) is 5.56 Å². The molecule has 0 aromatic heterocycles. The lowest BCUT2D eigenvalue weighted by Gasteiger charge is -2.10. The zero-order chi connectivity index (χ0) is 18.4. The summed E-state index contributed by atoms with van der Waals surface area (Å²) < 4.78 is 10.9. The molecule has 0 atom stereocenters. The summed E-state index contributed by atoms with van der Waals surface area (Å²) in [5.74, 6) is 0.888. The topological polar surface area (TPSA) is 59.9 Å². The van der Waals surface area contributed by atoms with Crippen molar-refractivity contribution in [2.45, 2.75) is 6.92 Å². The predicted octanol–water partition coefficient (Wildman–Crippen LogP) is 4.01. The summed E-state index contributed by atoms with van der Waals surface area (Å²) in [4.78, 5) is 12.4. The second-order valence-corrected chi connectivity index (χ2v) is 5.53. The molecule has 3 rings (SSSR count). The van der Waals surface area contributed by atoms with Crippen molar-refractivity contribution in [3.05, 3.63) is 71.8 Å². The minimum Gasteiger partial charge on any atom is -0.496 e. The Balaban J connectivity index is 1.88. The number of rotatable bonds is 6. The first-order valence-corrected chi connectivity index (χ1v) is 8.35. The number of amides is 1. The first-order valence-electron chi connectivity index (χ1n) is 8.35. The van der Waals surface area contributed by atoms with Gasteiger partial charge in [-0.1, -0.05) is 42.5 Å². The fourth-order valence-corrected chi connectivity index (χ4v) is 2.74. The first kappa shape index (κ1) is 17.5. The molecule has 5 nitrogen and oxygen atoms in total. The van der Waals surface area contributed by atoms with Gasteiger partial charge >= 0.3 is 0 Å². The molecule has 0 radical (unpaired) electrons. The van der Waals surface area contributed by atoms with E-state index < -0.39 is 0 Å². The number of methoxy groups -OCH3 is 1. The smallest absolute Gasteiger partial charge is 0.275 e. The van der Waals surface area contributed by atoms with Crippen LogP contribution in [-0.2, 0) is 0 Å². The van der Waals surface area contributed by atoms with Crippen LogP contribution in [0.4, 0.5) is 0 Å². The minimum absolute atomic E-state index is 0.336. The Labute approximate surface area is 152 Å². The lowest BCUT2D eigenvalue weighted by atomic mass is 10.0. The summed E-state index contributed by atoms with van der Waals surface area (Å²) >= 11 is 0. The molecule has 0 aliphatic carbocycles. The summed E-state index contributed by atoms with van der Waals surface area (Å²) in [5, 5.41) is 6.21. The zero-order valence-corrected chi connectivity index (χ0v) is 14.7. The van der Waals surface area contributed by atoms with Gasteiger partial charge in [-0.15, -0.1) is 0 Å². The minimum atomic E-state index is -0.336. The van der Waals surface area contributed by atoms with Crippen LogP contribution < -0.4 is 14.9 Å². The molecule has 3 aromatic rings. The second kappa shape index (κ2) is 8.16. The largest absolute Gasteiger partial charge is 0.496 e. The van der Waals surface area contributed by atoms with Crippen LogP contribution >= 0.6 is 0 Å². The van der Waals surface area contributed by atoms with E-state index in [1.165, 1.54) is 7.11 Å². The molecule has 3 aromatic carbocycles. The highest BCUT2D eigenvalue weighted by Crippen LogP contribution is 2.26. The van der Waals surface area contributed by atoms with Gasteiger partial charge in [0.15, 0.2) is 0 Å². The number of carbonyl (C=O) groups is 1. The molecule has 5 heteroatoms. The molecule has 0 heterocycles. The van der Waals surface area contributed by atoms with E-state index in [-0.39, 0.29) is 5.91 Å². The molecular weight excluding hydrogens is 328 g/mol. The molecule has 0 unspecified atom stereocenters. The maximum absolute atomic E-state index is 12.4. The Bertz CT molecular complexity index is 951. The molecule has 26 heavy (non-hydrogen) atoms. The highest BCUT2D eigenvalue weighted by molar-refractivity contribution is 6.03. The average Bonchev–Trinajstić information content (AvgIpc) is 2.69. The van der Waals surface area contributed by atoms with Gasteiger partial charge in [0.1, 0.15) is 11.5 Å². The highest BCUT2D eigenvalue weighted by atomic mass is 16.5. The van der Waals surface area contributed by atoms with Crippen molar-refractivity contribution in [3.8, 4) is 11.5 Å². The van der Waals surface area contributed by atoms with Crippen molar-refractivity contribution in [1.82, 2.24) is 5.43 Å². The van der Waals surface area contributed by atoms with Crippen LogP contribution in [0.2, 0.25) is 0 Å². The van der Waals surface area contributed by atoms with Gasteiger partial charge in [-0.25, -0.2) is 5.43 Å². The lowest BCUT2D eigenvalue weighted by molar-refractivity contribution is 0.0952. The highest BCUT2D eigenvalue weighted by Gasteiger charge is 2.11. The molecule has 1 N–H and O–H groups in total. The van der Waals surface area contributed by atoms with Gasteiger partial charge in [-0.05, 0) is 35.9 Å². The van der Waals surface area contributed by atoms with E-state index in [0.717, 1.165) is 22.1 Å². The maximum Gasteiger partial charge on any atom is 0.275 e. The number of hydrazone groups is 1. The van der Waals surface area contributed by atoms with Crippen molar-refractivity contribution in [3.63, 3.8) is 0 Å². The number of nitrogens with zero attached hydrogens (tertiary/aromatic N) is 1. The molecular formula is C21H20N2O3. The van der Waals surface area contributed by atoms with Crippen LogP contribution in [0, 0.1) is 0 Å². The number of hydrogen-bond acceptors (Lipinski definition) is 4. The van der Waals surface area contributed by atoms with E-state index in [2.05, 4.69) is 10.5 Å². The van der Waals surface area contributed by atoms with Crippen LogP contribution in [0.5, 0.6) is 11.5 Å². The number of benzene rings is 3. The third-order valence-corrected chi connectivity index (χ3v) is 3.94. The molecule has 0 bridgehead atoms. The Morgan fingerprint density at radius 3 is 2.62 bits per heavy atom. The van der Waals surface area contributed by atoms with Crippen molar-refractivity contribution >= 4 is 22.9 Å². The molecule has 0 saturated heterocycles. The Morgan fingerprint density at radius 2 is 1.81 bits per heavy atom. The van der Waals surface area contributed by atoms with Gasteiger partial charge in [0.05, 0.1) is 25.5 Å². The van der Waals surface area contributed by atoms with Crippen molar-refractivity contribution in [1.29, 1.82) is 0 Å². The van der Waals surface area contributed by atoms with Crippen LogP contribution in [-0.4, -0.2) is 25.8 Å². The molecule has 0 aliphatic heterocycles. The van der Waals surface area contributed by atoms with Gasteiger partial charge in [0.25, 0.3) is 5.91 Å². The third kappa shape index (κ3) is 3.67. The maximum atomic E-state index is 12.4. The summed E-state index contributed by atoms with van der Waals surface area (Å²) in [7, 11) is 1.53. The van der Waals surface area contributed by atoms with Crippen molar-refractivity contribution in [2.75, 3.05) is 13.7 Å². The summed E-state index contributed by atoms with van der Waals surface area (Å²) in [6.07, 6.45) is 1.61. The first-order chi connectivity index (χ1) is 12.7. The standard InChI is InChI=1S/C21H20N2O3/c1-3-26-20-13-12-15-8-4-5-9-16(15)18(20)14-22-23-21(24)17-10-6-7-11-19(17)25-2/h4-14H,3H2,1-2H3,(H,23,24)/b22-14+. The van der Waals surface area contributed by atoms with Gasteiger partial charge in [-0.2, -0.15) is 5.10 Å². The summed E-state index contributed by atoms with van der Waals surface area (Å²) in [5.41, 5.74) is 3.80. The van der Waals surface area contributed by atoms with Gasteiger partial charge in [0.2, 0.25) is 0 Å². The van der Waals surface area contributed by atoms with Crippen LogP contribution in [0.25, 0.3) is 10.8 Å². The fourth-order valence-electron chi connectivity index (χ4n) is 2.74. The molecule has 0 spiro atoms. The zero-order valence-electron chi connectivity index (χ0n) is 14.7. The van der Waals surface area contributed by atoms with Crippen molar-refractivity contribution in [2.24, 2.45) is 5.10 Å². The Morgan fingerprint density at radius 1 is 1.04 bits per heavy atom. The van der Waals surface area contributed by atoms with E-state index in [9.17, 15) is 4.79 Å². The molecule has 0 saturated carbocycles. The molecule has 0 fully saturated rings. The predicted molar refractivity (Wildman–Crippen MR) is 103 cm³/mol. The van der Waals surface area contributed by atoms with Crippen LogP contribution in [0.3, 0.4) is 0 Å². The number of para-hydroxylation sites is 1. The number of hydrogen-bond donors (Lipinski definition) is 1. The summed E-state index contributed by atoms with van der Waals surface area (Å²) in [6, 6.07) is 18.9. The van der Waals surface area contributed by atoms with E-state index in [0.29, 0.717) is 17.9 Å². The van der Waals surface area contributed by atoms with Gasteiger partial charge in [-0.3, -0.25) is 4.79 Å². The fraction of sp³-hybridized carbons (Fsp3) is 0.143. The van der Waals surface area contributed by atoms with E-state index >= 15 is 0 Å². The number of nitrogens with one attached hydrogen (secondary N) is 1. The normalized spacial score (nSPS) is 10.8. The second-order valence-electron chi connectivity index (χ2n) is 5.53. The van der Waals surface area contributed by atoms with Crippen molar-refractivity contribution < 1.29 is 14.3 Å². The number of carbonyl (C=O) groups excluding carboxylic acids is 1. The SMILES string of the molecule is CCOc1ccc2ccccc2c1/C=N/NC(=O)c1ccccc1OC. The monoisotopic (exact) mass is 348 g/mol. The van der Waals surface area contributed by atoms with Crippen LogP contribution in [0.15, 0.2) is 65.8 Å². The molecule has 1 amide bonds. The number of fused-ring (bicyclic) bond motifs is 1. The average molecular weight is 348 g/mol.